The van der Waals surface area contributed by atoms with Crippen LogP contribution < -0.4 is 34.4 Å². The van der Waals surface area contributed by atoms with Crippen LogP contribution in [0.3, 0.4) is 0 Å². The molecule has 6 rings (SSSR count). The summed E-state index contributed by atoms with van der Waals surface area (Å²) in [6, 6.07) is 25.0. The van der Waals surface area contributed by atoms with Gasteiger partial charge >= 0.3 is 5.97 Å². The highest BCUT2D eigenvalue weighted by Crippen LogP contribution is 2.34. The lowest BCUT2D eigenvalue weighted by Crippen LogP contribution is -2.32. The van der Waals surface area contributed by atoms with Crippen LogP contribution >= 0.6 is 0 Å². The third kappa shape index (κ3) is 6.46. The maximum Gasteiger partial charge on any atom is 0.343 e. The van der Waals surface area contributed by atoms with Gasteiger partial charge in [-0.2, -0.15) is 5.10 Å². The number of hydrogen-bond acceptors (Lipinski definition) is 9. The van der Waals surface area contributed by atoms with Gasteiger partial charge in [-0.1, -0.05) is 24.3 Å². The van der Waals surface area contributed by atoms with Crippen LogP contribution in [0, 0.1) is 0 Å². The second-order valence-corrected chi connectivity index (χ2v) is 9.22. The lowest BCUT2D eigenvalue weighted by Gasteiger charge is -2.09. The first-order valence-corrected chi connectivity index (χ1v) is 13.0. The minimum atomic E-state index is -0.646. The minimum Gasteiger partial charge on any atom is -0.454 e. The zero-order valence-electron chi connectivity index (χ0n) is 22.4. The first-order chi connectivity index (χ1) is 21.0. The second-order valence-electron chi connectivity index (χ2n) is 9.22. The van der Waals surface area contributed by atoms with Gasteiger partial charge in [-0.05, 0) is 83.9 Å². The van der Waals surface area contributed by atoms with E-state index in [0.717, 1.165) is 0 Å². The third-order valence-electron chi connectivity index (χ3n) is 6.32. The molecule has 0 saturated heterocycles. The van der Waals surface area contributed by atoms with E-state index in [1.807, 2.05) is 0 Å². The largest absolute Gasteiger partial charge is 0.454 e. The van der Waals surface area contributed by atoms with Crippen molar-refractivity contribution in [2.24, 2.45) is 5.10 Å². The van der Waals surface area contributed by atoms with Crippen LogP contribution in [0.25, 0.3) is 6.08 Å². The van der Waals surface area contributed by atoms with Crippen LogP contribution in [-0.4, -0.2) is 37.6 Å². The molecule has 214 valence electrons. The molecule has 2 N–H and O–H groups in total. The lowest BCUT2D eigenvalue weighted by atomic mass is 10.1. The molecule has 0 atom stereocenters. The van der Waals surface area contributed by atoms with Crippen molar-refractivity contribution in [2.45, 2.75) is 0 Å². The van der Waals surface area contributed by atoms with Crippen LogP contribution in [0.1, 0.15) is 31.8 Å². The standard InChI is InChI=1S/C32H23N3O8/c36-30(22-4-2-1-3-5-22)34-25(14-21-8-12-26-28(15-21)41-18-39-26)31(37)35-33-17-20-6-10-24(11-7-20)43-32(38)23-9-13-27-29(16-23)42-19-40-27/h1-17H,18-19H2,(H,34,36)(H,35,37). The smallest absolute Gasteiger partial charge is 0.343 e. The average molecular weight is 578 g/mol. The van der Waals surface area contributed by atoms with Gasteiger partial charge in [0.2, 0.25) is 13.6 Å². The van der Waals surface area contributed by atoms with Gasteiger partial charge in [0.1, 0.15) is 11.4 Å². The van der Waals surface area contributed by atoms with Crippen molar-refractivity contribution in [2.75, 3.05) is 13.6 Å². The Kier molecular flexibility index (Phi) is 7.68. The molecule has 11 nitrogen and oxygen atoms in total. The quantitative estimate of drug-likeness (QED) is 0.104. The predicted octanol–water partition coefficient (Wildman–Crippen LogP) is 4.28. The minimum absolute atomic E-state index is 0.0318. The molecule has 0 saturated carbocycles. The average Bonchev–Trinajstić information content (AvgIpc) is 3.71. The fourth-order valence-corrected chi connectivity index (χ4v) is 4.15. The van der Waals surface area contributed by atoms with Crippen LogP contribution in [0.4, 0.5) is 0 Å². The second kappa shape index (κ2) is 12.2. The Bertz CT molecular complexity index is 1750. The molecule has 0 spiro atoms. The molecule has 4 aromatic rings. The maximum absolute atomic E-state index is 13.1. The predicted molar refractivity (Wildman–Crippen MR) is 154 cm³/mol. The summed E-state index contributed by atoms with van der Waals surface area (Å²) in [6.07, 6.45) is 2.93. The van der Waals surface area contributed by atoms with E-state index in [4.69, 9.17) is 23.7 Å². The van der Waals surface area contributed by atoms with E-state index in [0.29, 0.717) is 51.0 Å². The molecular formula is C32H23N3O8. The molecule has 2 amide bonds. The summed E-state index contributed by atoms with van der Waals surface area (Å²) in [7, 11) is 0. The molecule has 0 unspecified atom stereocenters. The van der Waals surface area contributed by atoms with Crippen molar-refractivity contribution in [3.63, 3.8) is 0 Å². The van der Waals surface area contributed by atoms with Crippen molar-refractivity contribution in [3.8, 4) is 28.7 Å². The Balaban J connectivity index is 1.11. The van der Waals surface area contributed by atoms with Crippen molar-refractivity contribution in [1.82, 2.24) is 10.7 Å². The Morgan fingerprint density at radius 2 is 1.35 bits per heavy atom. The Labute approximate surface area is 245 Å². The summed E-state index contributed by atoms with van der Waals surface area (Å²) < 4.78 is 26.7. The highest BCUT2D eigenvalue weighted by atomic mass is 16.7. The highest BCUT2D eigenvalue weighted by Gasteiger charge is 2.18. The van der Waals surface area contributed by atoms with Crippen LogP contribution in [0.5, 0.6) is 28.7 Å². The molecule has 2 heterocycles. The van der Waals surface area contributed by atoms with Crippen molar-refractivity contribution < 1.29 is 38.1 Å². The number of hydrazone groups is 1. The molecule has 2 aliphatic rings. The lowest BCUT2D eigenvalue weighted by molar-refractivity contribution is -0.117. The summed E-state index contributed by atoms with van der Waals surface area (Å²) in [5.74, 6) is 0.844. The van der Waals surface area contributed by atoms with E-state index in [1.54, 1.807) is 91.0 Å². The number of ether oxygens (including phenoxy) is 5. The summed E-state index contributed by atoms with van der Waals surface area (Å²) >= 11 is 0. The van der Waals surface area contributed by atoms with E-state index in [9.17, 15) is 14.4 Å². The number of nitrogens with zero attached hydrogens (tertiary/aromatic N) is 1. The molecule has 11 heteroatoms. The van der Waals surface area contributed by atoms with E-state index >= 15 is 0 Å². The Morgan fingerprint density at radius 3 is 2.09 bits per heavy atom. The molecular weight excluding hydrogens is 554 g/mol. The molecule has 0 radical (unpaired) electrons. The van der Waals surface area contributed by atoms with Crippen LogP contribution in [-0.2, 0) is 4.79 Å². The first kappa shape index (κ1) is 27.1. The van der Waals surface area contributed by atoms with Crippen LogP contribution in [0.15, 0.2) is 102 Å². The summed E-state index contributed by atoms with van der Waals surface area (Å²) in [5, 5.41) is 6.67. The number of esters is 1. The number of amides is 2. The zero-order chi connectivity index (χ0) is 29.6. The van der Waals surface area contributed by atoms with Gasteiger partial charge in [0.05, 0.1) is 11.8 Å². The highest BCUT2D eigenvalue weighted by molar-refractivity contribution is 6.05. The van der Waals surface area contributed by atoms with Crippen LogP contribution in [0.2, 0.25) is 0 Å². The monoisotopic (exact) mass is 577 g/mol. The fraction of sp³-hybridized carbons (Fsp3) is 0.0625. The number of rotatable bonds is 8. The number of benzene rings is 4. The van der Waals surface area contributed by atoms with E-state index in [1.165, 1.54) is 12.3 Å². The van der Waals surface area contributed by atoms with Gasteiger partial charge in [0.25, 0.3) is 11.8 Å². The van der Waals surface area contributed by atoms with Crippen molar-refractivity contribution in [1.29, 1.82) is 0 Å². The Hall–Kier alpha value is -6.10. The van der Waals surface area contributed by atoms with E-state index < -0.39 is 17.8 Å². The Morgan fingerprint density at radius 1 is 0.698 bits per heavy atom. The van der Waals surface area contributed by atoms with Gasteiger partial charge in [0.15, 0.2) is 23.0 Å². The SMILES string of the molecule is O=C(NN=Cc1ccc(OC(=O)c2ccc3c(c2)OCO3)cc1)C(=Cc1ccc2c(c1)OCO2)NC(=O)c1ccccc1. The van der Waals surface area contributed by atoms with Crippen molar-refractivity contribution in [3.05, 3.63) is 119 Å². The number of carbonyl (C=O) groups excluding carboxylic acids is 3. The fourth-order valence-electron chi connectivity index (χ4n) is 4.15. The number of fused-ring (bicyclic) bond motifs is 2. The van der Waals surface area contributed by atoms with Gasteiger partial charge in [0, 0.05) is 5.56 Å². The molecule has 0 fully saturated rings. The van der Waals surface area contributed by atoms with Gasteiger partial charge in [-0.25, -0.2) is 10.2 Å². The van der Waals surface area contributed by atoms with Crippen molar-refractivity contribution >= 4 is 30.1 Å². The molecule has 0 aliphatic carbocycles. The van der Waals surface area contributed by atoms with E-state index in [2.05, 4.69) is 15.8 Å². The number of carbonyl (C=O) groups is 3. The first-order valence-electron chi connectivity index (χ1n) is 13.0. The maximum atomic E-state index is 13.1. The zero-order valence-corrected chi connectivity index (χ0v) is 22.4. The summed E-state index contributed by atoms with van der Waals surface area (Å²) in [6.45, 7) is 0.218. The van der Waals surface area contributed by atoms with Gasteiger partial charge < -0.3 is 29.0 Å². The molecule has 0 aromatic heterocycles. The molecule has 0 bridgehead atoms. The third-order valence-corrected chi connectivity index (χ3v) is 6.32. The normalized spacial score (nSPS) is 13.1. The number of nitrogens with one attached hydrogen (secondary N) is 2. The van der Waals surface area contributed by atoms with E-state index in [-0.39, 0.29) is 19.3 Å². The summed E-state index contributed by atoms with van der Waals surface area (Å²) in [5.41, 5.74) is 4.34. The number of hydrogen-bond donors (Lipinski definition) is 2. The molecule has 43 heavy (non-hydrogen) atoms. The van der Waals surface area contributed by atoms with Gasteiger partial charge in [-0.3, -0.25) is 9.59 Å². The summed E-state index contributed by atoms with van der Waals surface area (Å²) in [4.78, 5) is 38.4. The molecule has 2 aliphatic heterocycles. The molecule has 4 aromatic carbocycles. The topological polar surface area (TPSA) is 134 Å². The van der Waals surface area contributed by atoms with Gasteiger partial charge in [-0.15, -0.1) is 0 Å².